The van der Waals surface area contributed by atoms with Crippen LogP contribution in [-0.4, -0.2) is 8.52 Å². The molecule has 0 unspecified atom stereocenters. The Morgan fingerprint density at radius 3 is 2.47 bits per heavy atom. The number of nitrogens with zero attached hydrogens (tertiary/aromatic N) is 2. The van der Waals surface area contributed by atoms with Gasteiger partial charge in [0.1, 0.15) is 0 Å². The van der Waals surface area contributed by atoms with Crippen LogP contribution in [0.25, 0.3) is 5.69 Å². The summed E-state index contributed by atoms with van der Waals surface area (Å²) in [6, 6.07) is 7.44. The number of aryl methyl sites for hydroxylation is 1. The maximum atomic E-state index is 12.1. The fourth-order valence-corrected chi connectivity index (χ4v) is 2.60. The molecule has 90 valence electrons. The molecule has 2 aromatic rings. The first kappa shape index (κ1) is 11.9. The van der Waals surface area contributed by atoms with Gasteiger partial charge in [0.15, 0.2) is 0 Å². The van der Waals surface area contributed by atoms with Gasteiger partial charge >= 0.3 is 10.6 Å². The topological polar surface area (TPSA) is 44.0 Å². The zero-order valence-corrected chi connectivity index (χ0v) is 10.8. The molecule has 0 saturated carbocycles. The third-order valence-corrected chi connectivity index (χ3v) is 3.40. The first-order valence-electron chi connectivity index (χ1n) is 5.42. The first-order chi connectivity index (χ1) is 8.00. The average molecular weight is 250 g/mol. The van der Waals surface area contributed by atoms with E-state index in [1.807, 2.05) is 45.0 Å². The Labute approximate surface area is 103 Å². The standard InChI is InChI=1S/C12H14N2O2S/c1-8(2)13-11(15)14(17-12(13)16)10-6-4-5-9(3)7-10/h4-8H,1-3H3. The molecule has 0 saturated heterocycles. The van der Waals surface area contributed by atoms with Gasteiger partial charge in [-0.15, -0.1) is 0 Å². The van der Waals surface area contributed by atoms with Crippen LogP contribution in [0.2, 0.25) is 0 Å². The molecule has 0 fully saturated rings. The maximum absolute atomic E-state index is 12.1. The maximum Gasteiger partial charge on any atom is 0.346 e. The van der Waals surface area contributed by atoms with Crippen molar-refractivity contribution in [3.05, 3.63) is 50.0 Å². The van der Waals surface area contributed by atoms with E-state index in [2.05, 4.69) is 0 Å². The van der Waals surface area contributed by atoms with Crippen molar-refractivity contribution in [2.45, 2.75) is 26.8 Å². The van der Waals surface area contributed by atoms with E-state index >= 15 is 0 Å². The summed E-state index contributed by atoms with van der Waals surface area (Å²) in [6.45, 7) is 5.61. The van der Waals surface area contributed by atoms with Gasteiger partial charge < -0.3 is 0 Å². The van der Waals surface area contributed by atoms with Crippen LogP contribution < -0.4 is 10.6 Å². The Hall–Kier alpha value is -1.62. The second-order valence-corrected chi connectivity index (χ2v) is 5.13. The monoisotopic (exact) mass is 250 g/mol. The lowest BCUT2D eigenvalue weighted by Crippen LogP contribution is -2.29. The Balaban J connectivity index is 2.66. The fourth-order valence-electron chi connectivity index (χ4n) is 1.69. The third kappa shape index (κ3) is 2.10. The molecule has 0 aliphatic rings. The number of hydrogen-bond acceptors (Lipinski definition) is 3. The van der Waals surface area contributed by atoms with Crippen molar-refractivity contribution in [3.63, 3.8) is 0 Å². The molecule has 1 aromatic carbocycles. The lowest BCUT2D eigenvalue weighted by atomic mass is 10.2. The predicted octanol–water partition coefficient (Wildman–Crippen LogP) is 1.95. The molecule has 0 spiro atoms. The molecule has 1 heterocycles. The fraction of sp³-hybridized carbons (Fsp3) is 0.333. The molecule has 0 aliphatic carbocycles. The van der Waals surface area contributed by atoms with Crippen LogP contribution in [0.15, 0.2) is 33.9 Å². The van der Waals surface area contributed by atoms with Crippen LogP contribution in [0.3, 0.4) is 0 Å². The van der Waals surface area contributed by atoms with Crippen LogP contribution in [0.1, 0.15) is 25.5 Å². The van der Waals surface area contributed by atoms with Crippen molar-refractivity contribution in [1.29, 1.82) is 0 Å². The molecule has 0 N–H and O–H groups in total. The van der Waals surface area contributed by atoms with E-state index in [9.17, 15) is 9.59 Å². The smallest absolute Gasteiger partial charge is 0.255 e. The second-order valence-electron chi connectivity index (χ2n) is 4.24. The highest BCUT2D eigenvalue weighted by atomic mass is 32.1. The Kier molecular flexibility index (Phi) is 3.02. The number of benzene rings is 1. The highest BCUT2D eigenvalue weighted by Crippen LogP contribution is 2.09. The third-order valence-electron chi connectivity index (χ3n) is 2.50. The molecule has 0 atom stereocenters. The number of hydrogen-bond donors (Lipinski definition) is 0. The van der Waals surface area contributed by atoms with E-state index in [1.54, 1.807) is 0 Å². The molecule has 17 heavy (non-hydrogen) atoms. The number of aromatic nitrogens is 2. The predicted molar refractivity (Wildman–Crippen MR) is 69.3 cm³/mol. The van der Waals surface area contributed by atoms with Gasteiger partial charge in [-0.3, -0.25) is 4.79 Å². The minimum absolute atomic E-state index is 0.114. The van der Waals surface area contributed by atoms with E-state index < -0.39 is 0 Å². The lowest BCUT2D eigenvalue weighted by Gasteiger charge is -2.03. The molecular weight excluding hydrogens is 236 g/mol. The van der Waals surface area contributed by atoms with E-state index in [0.29, 0.717) is 0 Å². The molecule has 0 aliphatic heterocycles. The summed E-state index contributed by atoms with van der Waals surface area (Å²) in [5.41, 5.74) is 1.54. The van der Waals surface area contributed by atoms with E-state index in [1.165, 1.54) is 8.52 Å². The molecule has 1 aromatic heterocycles. The summed E-state index contributed by atoms with van der Waals surface area (Å²) in [5.74, 6) is 0. The van der Waals surface area contributed by atoms with E-state index in [-0.39, 0.29) is 16.6 Å². The van der Waals surface area contributed by atoms with Crippen molar-refractivity contribution in [2.75, 3.05) is 0 Å². The van der Waals surface area contributed by atoms with Crippen molar-refractivity contribution < 1.29 is 0 Å². The molecule has 5 heteroatoms. The second kappa shape index (κ2) is 4.33. The Morgan fingerprint density at radius 1 is 1.24 bits per heavy atom. The summed E-state index contributed by atoms with van der Waals surface area (Å²) in [4.78, 5) is 23.6. The molecule has 4 nitrogen and oxygen atoms in total. The molecular formula is C12H14N2O2S. The van der Waals surface area contributed by atoms with Crippen LogP contribution in [0.5, 0.6) is 0 Å². The molecule has 2 rings (SSSR count). The summed E-state index contributed by atoms with van der Waals surface area (Å²) in [6.07, 6.45) is 0. The van der Waals surface area contributed by atoms with Crippen LogP contribution in [0.4, 0.5) is 0 Å². The Bertz CT molecular complexity index is 649. The lowest BCUT2D eigenvalue weighted by molar-refractivity contribution is 0.560. The van der Waals surface area contributed by atoms with Gasteiger partial charge in [-0.05, 0) is 38.5 Å². The minimum atomic E-state index is -0.263. The van der Waals surface area contributed by atoms with Crippen molar-refractivity contribution in [3.8, 4) is 5.69 Å². The SMILES string of the molecule is Cc1cccc(-n2sc(=O)n(C(C)C)c2=O)c1. The zero-order chi connectivity index (χ0) is 12.6. The zero-order valence-electron chi connectivity index (χ0n) is 10.0. The van der Waals surface area contributed by atoms with Crippen LogP contribution in [-0.2, 0) is 0 Å². The first-order valence-corrected chi connectivity index (χ1v) is 6.20. The van der Waals surface area contributed by atoms with Crippen molar-refractivity contribution >= 4 is 11.5 Å². The summed E-state index contributed by atoms with van der Waals surface area (Å²) < 4.78 is 2.71. The molecule has 0 amide bonds. The minimum Gasteiger partial charge on any atom is -0.255 e. The van der Waals surface area contributed by atoms with Crippen LogP contribution in [0, 0.1) is 6.92 Å². The van der Waals surface area contributed by atoms with Crippen LogP contribution >= 0.6 is 11.5 Å². The Morgan fingerprint density at radius 2 is 1.94 bits per heavy atom. The quantitative estimate of drug-likeness (QED) is 0.817. The van der Waals surface area contributed by atoms with Gasteiger partial charge in [0.25, 0.3) is 0 Å². The van der Waals surface area contributed by atoms with E-state index in [0.717, 1.165) is 22.8 Å². The van der Waals surface area contributed by atoms with Gasteiger partial charge in [-0.25, -0.2) is 13.3 Å². The van der Waals surface area contributed by atoms with Gasteiger partial charge in [-0.2, -0.15) is 0 Å². The molecule has 0 radical (unpaired) electrons. The van der Waals surface area contributed by atoms with Gasteiger partial charge in [0, 0.05) is 17.6 Å². The van der Waals surface area contributed by atoms with Crippen molar-refractivity contribution in [2.24, 2.45) is 0 Å². The highest BCUT2D eigenvalue weighted by Gasteiger charge is 2.13. The molecule has 0 bridgehead atoms. The summed E-state index contributed by atoms with van der Waals surface area (Å²) in [5, 5.41) is 0. The summed E-state index contributed by atoms with van der Waals surface area (Å²) >= 11 is 0.943. The number of rotatable bonds is 2. The highest BCUT2D eigenvalue weighted by molar-refractivity contribution is 7.03. The summed E-state index contributed by atoms with van der Waals surface area (Å²) in [7, 11) is 0. The normalized spacial score (nSPS) is 11.1. The van der Waals surface area contributed by atoms with Gasteiger partial charge in [0.05, 0.1) is 5.69 Å². The van der Waals surface area contributed by atoms with Gasteiger partial charge in [-0.1, -0.05) is 12.1 Å². The van der Waals surface area contributed by atoms with Gasteiger partial charge in [0.2, 0.25) is 0 Å². The largest absolute Gasteiger partial charge is 0.346 e. The van der Waals surface area contributed by atoms with E-state index in [4.69, 9.17) is 0 Å². The van der Waals surface area contributed by atoms with Crippen molar-refractivity contribution in [1.82, 2.24) is 8.52 Å². The average Bonchev–Trinajstić information content (AvgIpc) is 2.54.